The van der Waals surface area contributed by atoms with Crippen LogP contribution in [0.5, 0.6) is 0 Å². The van der Waals surface area contributed by atoms with Crippen molar-refractivity contribution in [2.75, 3.05) is 19.6 Å². The quantitative estimate of drug-likeness (QED) is 0.490. The first-order chi connectivity index (χ1) is 5.79. The molecule has 0 unspecified atom stereocenters. The second-order valence-corrected chi connectivity index (χ2v) is 3.83. The van der Waals surface area contributed by atoms with E-state index in [1.54, 1.807) is 0 Å². The fourth-order valence-corrected chi connectivity index (χ4v) is 1.58. The molecule has 3 heteroatoms. The van der Waals surface area contributed by atoms with Gasteiger partial charge in [-0.1, -0.05) is 6.92 Å². The van der Waals surface area contributed by atoms with E-state index in [0.29, 0.717) is 12.0 Å². The summed E-state index contributed by atoms with van der Waals surface area (Å²) in [6.07, 6.45) is 2.53. The van der Waals surface area contributed by atoms with Crippen molar-refractivity contribution in [3.05, 3.63) is 0 Å². The lowest BCUT2D eigenvalue weighted by Crippen LogP contribution is -2.50. The van der Waals surface area contributed by atoms with Crippen molar-refractivity contribution in [3.8, 4) is 0 Å². The lowest BCUT2D eigenvalue weighted by Gasteiger charge is -2.36. The third-order valence-corrected chi connectivity index (χ3v) is 2.71. The maximum absolute atomic E-state index is 5.81. The van der Waals surface area contributed by atoms with Crippen LogP contribution in [0.3, 0.4) is 0 Å². The third-order valence-electron chi connectivity index (χ3n) is 2.71. The third kappa shape index (κ3) is 1.61. The molecule has 0 bridgehead atoms. The van der Waals surface area contributed by atoms with Crippen LogP contribution >= 0.6 is 0 Å². The highest BCUT2D eigenvalue weighted by molar-refractivity contribution is 5.85. The molecule has 0 atom stereocenters. The second-order valence-electron chi connectivity index (χ2n) is 3.83. The lowest BCUT2D eigenvalue weighted by atomic mass is 10.1. The van der Waals surface area contributed by atoms with Crippen LogP contribution in [-0.4, -0.2) is 36.4 Å². The van der Waals surface area contributed by atoms with Gasteiger partial charge in [0.1, 0.15) is 0 Å². The van der Waals surface area contributed by atoms with Crippen molar-refractivity contribution >= 4 is 5.84 Å². The Morgan fingerprint density at radius 2 is 2.17 bits per heavy atom. The van der Waals surface area contributed by atoms with Crippen LogP contribution in [0, 0.1) is 5.92 Å². The normalized spacial score (nSPS) is 27.2. The first kappa shape index (κ1) is 8.05. The van der Waals surface area contributed by atoms with Gasteiger partial charge in [-0.05, 0) is 19.4 Å². The fraction of sp³-hybridized carbons (Fsp3) is 0.889. The Morgan fingerprint density at radius 3 is 2.67 bits per heavy atom. The first-order valence-corrected chi connectivity index (χ1v) is 4.85. The van der Waals surface area contributed by atoms with Crippen LogP contribution in [0.4, 0.5) is 0 Å². The van der Waals surface area contributed by atoms with E-state index in [1.165, 1.54) is 12.8 Å². The van der Waals surface area contributed by atoms with Crippen LogP contribution < -0.4 is 5.73 Å². The lowest BCUT2D eigenvalue weighted by molar-refractivity contribution is 0.161. The summed E-state index contributed by atoms with van der Waals surface area (Å²) in [6.45, 7) is 5.56. The summed E-state index contributed by atoms with van der Waals surface area (Å²) in [5.41, 5.74) is 5.81. The number of aliphatic imine (C=N–C) groups is 1. The molecule has 1 heterocycles. The highest BCUT2D eigenvalue weighted by Crippen LogP contribution is 2.29. The summed E-state index contributed by atoms with van der Waals surface area (Å²) in [5, 5.41) is 0. The molecule has 3 nitrogen and oxygen atoms in total. The van der Waals surface area contributed by atoms with Gasteiger partial charge in [-0.3, -0.25) is 9.89 Å². The Labute approximate surface area is 73.6 Å². The molecule has 12 heavy (non-hydrogen) atoms. The number of amidine groups is 1. The number of rotatable bonds is 3. The molecular weight excluding hydrogens is 150 g/mol. The molecule has 1 aliphatic heterocycles. The minimum absolute atomic E-state index is 0.505. The van der Waals surface area contributed by atoms with E-state index in [1.807, 2.05) is 0 Å². The topological polar surface area (TPSA) is 41.6 Å². The van der Waals surface area contributed by atoms with Crippen LogP contribution in [0.25, 0.3) is 0 Å². The largest absolute Gasteiger partial charge is 0.387 e. The van der Waals surface area contributed by atoms with Gasteiger partial charge in [-0.25, -0.2) is 0 Å². The van der Waals surface area contributed by atoms with Gasteiger partial charge in [0, 0.05) is 19.0 Å². The molecule has 0 spiro atoms. The van der Waals surface area contributed by atoms with E-state index >= 15 is 0 Å². The van der Waals surface area contributed by atoms with Gasteiger partial charge in [0.15, 0.2) is 0 Å². The van der Waals surface area contributed by atoms with E-state index in [0.717, 1.165) is 25.5 Å². The van der Waals surface area contributed by atoms with E-state index in [4.69, 9.17) is 5.73 Å². The van der Waals surface area contributed by atoms with E-state index in [-0.39, 0.29) is 0 Å². The highest BCUT2D eigenvalue weighted by atomic mass is 15.2. The number of hydrogen-bond acceptors (Lipinski definition) is 2. The monoisotopic (exact) mass is 167 g/mol. The predicted molar refractivity (Wildman–Crippen MR) is 50.2 cm³/mol. The zero-order chi connectivity index (χ0) is 8.55. The number of hydrogen-bond donors (Lipinski definition) is 1. The number of likely N-dealkylation sites (N-methyl/N-ethyl adjacent to an activating group) is 1. The summed E-state index contributed by atoms with van der Waals surface area (Å²) in [6, 6.07) is 0.505. The van der Waals surface area contributed by atoms with Gasteiger partial charge >= 0.3 is 0 Å². The second kappa shape index (κ2) is 3.05. The van der Waals surface area contributed by atoms with E-state index in [2.05, 4.69) is 16.8 Å². The Balaban J connectivity index is 1.77. The predicted octanol–water partition coefficient (Wildman–Crippen LogP) is 0.458. The van der Waals surface area contributed by atoms with Crippen LogP contribution in [0.2, 0.25) is 0 Å². The highest BCUT2D eigenvalue weighted by Gasteiger charge is 2.29. The number of nitrogens with zero attached hydrogens (tertiary/aromatic N) is 2. The number of likely N-dealkylation sites (tertiary alicyclic amines) is 1. The maximum atomic E-state index is 5.81. The Kier molecular flexibility index (Phi) is 2.05. The molecule has 2 aliphatic rings. The SMILES string of the molecule is CCN1CC(N=C(N)C2CC2)C1. The van der Waals surface area contributed by atoms with Crippen molar-refractivity contribution in [2.45, 2.75) is 25.8 Å². The van der Waals surface area contributed by atoms with Crippen molar-refractivity contribution in [3.63, 3.8) is 0 Å². The Morgan fingerprint density at radius 1 is 1.50 bits per heavy atom. The van der Waals surface area contributed by atoms with Crippen LogP contribution in [-0.2, 0) is 0 Å². The summed E-state index contributed by atoms with van der Waals surface area (Å²) in [5.74, 6) is 1.55. The van der Waals surface area contributed by atoms with Crippen LogP contribution in [0.15, 0.2) is 4.99 Å². The van der Waals surface area contributed by atoms with E-state index in [9.17, 15) is 0 Å². The molecule has 1 saturated heterocycles. The molecule has 2 rings (SSSR count). The molecule has 68 valence electrons. The summed E-state index contributed by atoms with van der Waals surface area (Å²) >= 11 is 0. The Hall–Kier alpha value is -0.570. The molecular formula is C9H17N3. The molecule has 2 N–H and O–H groups in total. The molecule has 0 aromatic rings. The van der Waals surface area contributed by atoms with Gasteiger partial charge in [0.05, 0.1) is 11.9 Å². The van der Waals surface area contributed by atoms with Crippen molar-refractivity contribution in [1.82, 2.24) is 4.90 Å². The number of nitrogens with two attached hydrogens (primary N) is 1. The average Bonchev–Trinajstić information content (AvgIpc) is 2.76. The zero-order valence-corrected chi connectivity index (χ0v) is 7.66. The standard InChI is InChI=1S/C9H17N3/c1-2-12-5-8(6-12)11-9(10)7-3-4-7/h7-8H,2-6H2,1H3,(H2,10,11). The molecule has 1 aliphatic carbocycles. The van der Waals surface area contributed by atoms with Crippen LogP contribution in [0.1, 0.15) is 19.8 Å². The minimum atomic E-state index is 0.505. The first-order valence-electron chi connectivity index (χ1n) is 4.85. The van der Waals surface area contributed by atoms with Crippen molar-refractivity contribution in [2.24, 2.45) is 16.6 Å². The fourth-order valence-electron chi connectivity index (χ4n) is 1.58. The smallest absolute Gasteiger partial charge is 0.0973 e. The summed E-state index contributed by atoms with van der Waals surface area (Å²) in [4.78, 5) is 6.88. The molecule has 0 amide bonds. The molecule has 0 aromatic carbocycles. The van der Waals surface area contributed by atoms with Gasteiger partial charge in [-0.2, -0.15) is 0 Å². The molecule has 2 fully saturated rings. The maximum Gasteiger partial charge on any atom is 0.0973 e. The zero-order valence-electron chi connectivity index (χ0n) is 7.66. The molecule has 0 aromatic heterocycles. The minimum Gasteiger partial charge on any atom is -0.387 e. The van der Waals surface area contributed by atoms with Gasteiger partial charge < -0.3 is 5.73 Å². The Bertz CT molecular complexity index is 190. The summed E-state index contributed by atoms with van der Waals surface area (Å²) < 4.78 is 0. The van der Waals surface area contributed by atoms with E-state index < -0.39 is 0 Å². The molecule has 1 saturated carbocycles. The summed E-state index contributed by atoms with van der Waals surface area (Å²) in [7, 11) is 0. The van der Waals surface area contributed by atoms with Gasteiger partial charge in [0.2, 0.25) is 0 Å². The van der Waals surface area contributed by atoms with Gasteiger partial charge in [-0.15, -0.1) is 0 Å². The van der Waals surface area contributed by atoms with Crippen molar-refractivity contribution < 1.29 is 0 Å². The average molecular weight is 167 g/mol. The molecule has 0 radical (unpaired) electrons. The van der Waals surface area contributed by atoms with Crippen molar-refractivity contribution in [1.29, 1.82) is 0 Å². The van der Waals surface area contributed by atoms with Gasteiger partial charge in [0.25, 0.3) is 0 Å².